The highest BCUT2D eigenvalue weighted by atomic mass is 16.3. The molecule has 1 aromatic carbocycles. The Morgan fingerprint density at radius 3 is 2.83 bits per heavy atom. The lowest BCUT2D eigenvalue weighted by Crippen LogP contribution is -2.23. The summed E-state index contributed by atoms with van der Waals surface area (Å²) in [6.07, 6.45) is 6.31. The van der Waals surface area contributed by atoms with Crippen LogP contribution in [0.25, 0.3) is 21.8 Å². The maximum atomic E-state index is 12.9. The SMILES string of the molecule is Cc1c2c(c(O)c3c1c1[nH]ncc1c(=O)n3CCCN)CCCC2. The number of nitrogens with two attached hydrogens (primary N) is 1. The van der Waals surface area contributed by atoms with E-state index >= 15 is 0 Å². The van der Waals surface area contributed by atoms with Crippen LogP contribution in [0.2, 0.25) is 0 Å². The fraction of sp³-hybridized carbons (Fsp3) is 0.444. The van der Waals surface area contributed by atoms with Crippen molar-refractivity contribution in [2.75, 3.05) is 6.54 Å². The number of phenolic OH excluding ortho intramolecular Hbond substituents is 1. The van der Waals surface area contributed by atoms with Crippen LogP contribution < -0.4 is 11.3 Å². The summed E-state index contributed by atoms with van der Waals surface area (Å²) < 4.78 is 1.68. The van der Waals surface area contributed by atoms with Crippen LogP contribution in [0.3, 0.4) is 0 Å². The molecule has 0 amide bonds. The summed E-state index contributed by atoms with van der Waals surface area (Å²) >= 11 is 0. The zero-order chi connectivity index (χ0) is 16.8. The molecule has 4 rings (SSSR count). The number of aromatic hydroxyl groups is 1. The lowest BCUT2D eigenvalue weighted by Gasteiger charge is -2.23. The van der Waals surface area contributed by atoms with Crippen LogP contribution in [0.1, 0.15) is 36.0 Å². The third kappa shape index (κ3) is 1.99. The quantitative estimate of drug-likeness (QED) is 0.687. The van der Waals surface area contributed by atoms with Gasteiger partial charge < -0.3 is 15.4 Å². The number of fused-ring (bicyclic) bond motifs is 4. The number of aromatic amines is 1. The van der Waals surface area contributed by atoms with Crippen LogP contribution >= 0.6 is 0 Å². The number of hydrogen-bond donors (Lipinski definition) is 3. The second kappa shape index (κ2) is 5.63. The van der Waals surface area contributed by atoms with Crippen molar-refractivity contribution in [3.05, 3.63) is 33.2 Å². The fourth-order valence-corrected chi connectivity index (χ4v) is 4.09. The minimum atomic E-state index is -0.120. The Morgan fingerprint density at radius 2 is 2.08 bits per heavy atom. The van der Waals surface area contributed by atoms with E-state index in [9.17, 15) is 9.90 Å². The number of aryl methyl sites for hydroxylation is 2. The standard InChI is InChI=1S/C18H22N4O2/c1-10-11-5-2-3-6-12(11)17(23)16-14(10)15-13(9-20-21-15)18(24)22(16)8-4-7-19/h9,23H,2-8,19H2,1H3,(H,20,21). The van der Waals surface area contributed by atoms with E-state index in [1.807, 2.05) is 0 Å². The van der Waals surface area contributed by atoms with E-state index in [1.54, 1.807) is 10.8 Å². The van der Waals surface area contributed by atoms with E-state index in [1.165, 1.54) is 5.56 Å². The normalized spacial score (nSPS) is 14.4. The van der Waals surface area contributed by atoms with E-state index in [4.69, 9.17) is 5.73 Å². The Bertz CT molecular complexity index is 1000. The third-order valence-electron chi connectivity index (χ3n) is 5.26. The maximum absolute atomic E-state index is 12.9. The van der Waals surface area contributed by atoms with Crippen molar-refractivity contribution >= 4 is 21.8 Å². The Hall–Kier alpha value is -2.34. The van der Waals surface area contributed by atoms with Crippen LogP contribution in [0.4, 0.5) is 0 Å². The van der Waals surface area contributed by atoms with Gasteiger partial charge in [0.2, 0.25) is 0 Å². The summed E-state index contributed by atoms with van der Waals surface area (Å²) in [7, 11) is 0. The Balaban J connectivity index is 2.21. The number of aromatic nitrogens is 3. The summed E-state index contributed by atoms with van der Waals surface area (Å²) in [6, 6.07) is 0. The number of phenols is 1. The van der Waals surface area contributed by atoms with Gasteiger partial charge in [-0.05, 0) is 62.3 Å². The minimum Gasteiger partial charge on any atom is -0.505 e. The number of hydrogen-bond acceptors (Lipinski definition) is 4. The molecule has 0 radical (unpaired) electrons. The summed E-state index contributed by atoms with van der Waals surface area (Å²) in [5.41, 5.74) is 10.3. The molecule has 0 atom stereocenters. The smallest absolute Gasteiger partial charge is 0.262 e. The highest BCUT2D eigenvalue weighted by Gasteiger charge is 2.24. The van der Waals surface area contributed by atoms with Gasteiger partial charge in [0.1, 0.15) is 5.75 Å². The van der Waals surface area contributed by atoms with Crippen LogP contribution in [-0.4, -0.2) is 26.4 Å². The van der Waals surface area contributed by atoms with Crippen LogP contribution in [0, 0.1) is 6.92 Å². The number of nitrogens with zero attached hydrogens (tertiary/aromatic N) is 2. The van der Waals surface area contributed by atoms with Crippen molar-refractivity contribution < 1.29 is 5.11 Å². The van der Waals surface area contributed by atoms with Crippen molar-refractivity contribution in [3.63, 3.8) is 0 Å². The lowest BCUT2D eigenvalue weighted by molar-refractivity contribution is 0.463. The van der Waals surface area contributed by atoms with Crippen LogP contribution in [-0.2, 0) is 19.4 Å². The molecule has 3 aromatic rings. The molecule has 0 bridgehead atoms. The van der Waals surface area contributed by atoms with Crippen molar-refractivity contribution in [3.8, 4) is 5.75 Å². The molecule has 0 unspecified atom stereocenters. The Kier molecular flexibility index (Phi) is 3.57. The number of nitrogens with one attached hydrogen (secondary N) is 1. The number of rotatable bonds is 3. The Morgan fingerprint density at radius 1 is 1.33 bits per heavy atom. The molecule has 126 valence electrons. The molecule has 6 nitrogen and oxygen atoms in total. The fourth-order valence-electron chi connectivity index (χ4n) is 4.09. The summed E-state index contributed by atoms with van der Waals surface area (Å²) in [4.78, 5) is 12.9. The monoisotopic (exact) mass is 326 g/mol. The first-order valence-corrected chi connectivity index (χ1v) is 8.58. The zero-order valence-corrected chi connectivity index (χ0v) is 13.9. The summed E-state index contributed by atoms with van der Waals surface area (Å²) in [5.74, 6) is 0.260. The molecule has 1 aliphatic rings. The van der Waals surface area contributed by atoms with Gasteiger partial charge in [-0.15, -0.1) is 0 Å². The lowest BCUT2D eigenvalue weighted by atomic mass is 9.85. The number of pyridine rings is 1. The summed E-state index contributed by atoms with van der Waals surface area (Å²) in [5, 5.41) is 19.5. The highest BCUT2D eigenvalue weighted by molar-refractivity contribution is 6.08. The third-order valence-corrected chi connectivity index (χ3v) is 5.26. The van der Waals surface area contributed by atoms with Gasteiger partial charge in [-0.1, -0.05) is 0 Å². The first-order valence-electron chi connectivity index (χ1n) is 8.58. The van der Waals surface area contributed by atoms with Crippen molar-refractivity contribution in [2.24, 2.45) is 5.73 Å². The van der Waals surface area contributed by atoms with Gasteiger partial charge in [0.05, 0.1) is 22.6 Å². The number of benzene rings is 1. The molecule has 2 aromatic heterocycles. The Labute approximate surface area is 139 Å². The molecule has 2 heterocycles. The van der Waals surface area contributed by atoms with Crippen molar-refractivity contribution in [1.29, 1.82) is 0 Å². The topological polar surface area (TPSA) is 96.9 Å². The first-order chi connectivity index (χ1) is 11.6. The average molecular weight is 326 g/mol. The predicted octanol–water partition coefficient (Wildman–Crippen LogP) is 2.12. The van der Waals surface area contributed by atoms with Gasteiger partial charge in [0.25, 0.3) is 5.56 Å². The van der Waals surface area contributed by atoms with Gasteiger partial charge in [-0.25, -0.2) is 0 Å². The second-order valence-corrected chi connectivity index (χ2v) is 6.62. The molecule has 24 heavy (non-hydrogen) atoms. The molecular formula is C18H22N4O2. The van der Waals surface area contributed by atoms with E-state index in [0.29, 0.717) is 30.4 Å². The maximum Gasteiger partial charge on any atom is 0.262 e. The van der Waals surface area contributed by atoms with E-state index in [2.05, 4.69) is 17.1 Å². The molecule has 0 aliphatic heterocycles. The zero-order valence-electron chi connectivity index (χ0n) is 13.9. The highest BCUT2D eigenvalue weighted by Crippen LogP contribution is 2.40. The van der Waals surface area contributed by atoms with Gasteiger partial charge in [0.15, 0.2) is 0 Å². The second-order valence-electron chi connectivity index (χ2n) is 6.62. The average Bonchev–Trinajstić information content (AvgIpc) is 3.08. The van der Waals surface area contributed by atoms with Crippen LogP contribution in [0.5, 0.6) is 5.75 Å². The van der Waals surface area contributed by atoms with Gasteiger partial charge in [0, 0.05) is 11.9 Å². The van der Waals surface area contributed by atoms with E-state index < -0.39 is 0 Å². The largest absolute Gasteiger partial charge is 0.505 e. The minimum absolute atomic E-state index is 0.120. The van der Waals surface area contributed by atoms with Crippen LogP contribution in [0.15, 0.2) is 11.0 Å². The predicted molar refractivity (Wildman–Crippen MR) is 94.6 cm³/mol. The first kappa shape index (κ1) is 15.2. The van der Waals surface area contributed by atoms with Crippen molar-refractivity contribution in [1.82, 2.24) is 14.8 Å². The van der Waals surface area contributed by atoms with Gasteiger partial charge in [-0.2, -0.15) is 5.10 Å². The molecule has 1 aliphatic carbocycles. The molecular weight excluding hydrogens is 304 g/mol. The number of H-pyrrole nitrogens is 1. The molecule has 0 fully saturated rings. The molecule has 0 saturated carbocycles. The van der Waals surface area contributed by atoms with Crippen molar-refractivity contribution in [2.45, 2.75) is 45.6 Å². The van der Waals surface area contributed by atoms with Gasteiger partial charge >= 0.3 is 0 Å². The van der Waals surface area contributed by atoms with E-state index in [-0.39, 0.29) is 11.3 Å². The molecule has 0 saturated heterocycles. The van der Waals surface area contributed by atoms with E-state index in [0.717, 1.165) is 47.7 Å². The summed E-state index contributed by atoms with van der Waals surface area (Å²) in [6.45, 7) is 3.09. The molecule has 4 N–H and O–H groups in total. The molecule has 0 spiro atoms. The van der Waals surface area contributed by atoms with Gasteiger partial charge in [-0.3, -0.25) is 9.89 Å². The molecule has 6 heteroatoms.